The topological polar surface area (TPSA) is 212 Å². The summed E-state index contributed by atoms with van der Waals surface area (Å²) < 4.78 is 16.3. The van der Waals surface area contributed by atoms with E-state index in [9.17, 15) is 43.8 Å². The van der Waals surface area contributed by atoms with Crippen LogP contribution in [0.1, 0.15) is 55.7 Å². The molecule has 4 N–H and O–H groups in total. The van der Waals surface area contributed by atoms with Gasteiger partial charge in [-0.25, -0.2) is 24.0 Å². The number of amides is 2. The first-order chi connectivity index (χ1) is 23.3. The van der Waals surface area contributed by atoms with Gasteiger partial charge in [-0.05, 0) is 77.7 Å². The molecule has 0 radical (unpaired) electrons. The fraction of sp³-hybridized carbons (Fsp3) is 0.147. The zero-order valence-electron chi connectivity index (χ0n) is 25.6. The average Bonchev–Trinajstić information content (AvgIpc) is 3.32. The van der Waals surface area contributed by atoms with Crippen LogP contribution < -0.4 is 15.4 Å². The summed E-state index contributed by atoms with van der Waals surface area (Å²) in [5.74, 6) is -9.55. The van der Waals surface area contributed by atoms with Gasteiger partial charge < -0.3 is 35.1 Å². The first-order valence-electron chi connectivity index (χ1n) is 14.3. The lowest BCUT2D eigenvalue weighted by atomic mass is 10.1. The summed E-state index contributed by atoms with van der Waals surface area (Å²) >= 11 is 1.15. The number of hydrogen-bond donors (Lipinski definition) is 4. The number of hydrogen-bond acceptors (Lipinski definition) is 11. The van der Waals surface area contributed by atoms with Gasteiger partial charge in [0.2, 0.25) is 11.8 Å². The molecule has 1 heterocycles. The maximum absolute atomic E-state index is 13.4. The first-order valence-corrected chi connectivity index (χ1v) is 15.2. The molecule has 5 rings (SSSR count). The summed E-state index contributed by atoms with van der Waals surface area (Å²) in [6, 6.07) is 18.6. The van der Waals surface area contributed by atoms with Crippen LogP contribution >= 0.6 is 11.3 Å². The Kier molecular flexibility index (Phi) is 9.30. The van der Waals surface area contributed by atoms with E-state index in [-0.39, 0.29) is 34.3 Å². The van der Waals surface area contributed by atoms with Gasteiger partial charge in [-0.15, -0.1) is 11.3 Å². The Morgan fingerprint density at radius 3 is 1.45 bits per heavy atom. The van der Waals surface area contributed by atoms with Crippen molar-refractivity contribution in [3.8, 4) is 5.75 Å². The zero-order valence-corrected chi connectivity index (χ0v) is 26.4. The molecule has 15 heteroatoms. The van der Waals surface area contributed by atoms with Crippen molar-refractivity contribution >= 4 is 64.4 Å². The predicted octanol–water partition coefficient (Wildman–Crippen LogP) is 4.34. The molecule has 3 aromatic carbocycles. The van der Waals surface area contributed by atoms with E-state index >= 15 is 0 Å². The standard InChI is InChI=1S/C34H26N2O12S/c1-18(37)35-23-11-5-21(6-12-23)28(39)47-33(31(42)43)27(20-9-15-25(16-10-20)46-30(41)26-4-3-17-49-26)34(33,32(44)45)48-29(40)22-7-13-24(14-8-22)36-19(2)38/h3-17,27H,1-2H3,(H,35,37)(H,36,38)(H,42,43)(H,44,45). The molecule has 1 fully saturated rings. The van der Waals surface area contributed by atoms with E-state index in [1.807, 2.05) is 0 Å². The molecule has 0 bridgehead atoms. The lowest BCUT2D eigenvalue weighted by Crippen LogP contribution is -2.45. The number of benzene rings is 3. The van der Waals surface area contributed by atoms with Crippen LogP contribution in [0.2, 0.25) is 0 Å². The number of thiophene rings is 1. The Morgan fingerprint density at radius 2 is 1.08 bits per heavy atom. The van der Waals surface area contributed by atoms with Gasteiger partial charge >= 0.3 is 29.8 Å². The number of esters is 3. The van der Waals surface area contributed by atoms with Gasteiger partial charge in [0, 0.05) is 25.2 Å². The minimum absolute atomic E-state index is 0.0386. The second-order valence-electron chi connectivity index (χ2n) is 10.7. The number of aliphatic carboxylic acids is 2. The molecule has 0 spiro atoms. The minimum atomic E-state index is -2.98. The molecule has 250 valence electrons. The van der Waals surface area contributed by atoms with E-state index in [0.29, 0.717) is 16.3 Å². The van der Waals surface area contributed by atoms with E-state index in [1.165, 1.54) is 86.6 Å². The highest BCUT2D eigenvalue weighted by Gasteiger charge is 2.93. The van der Waals surface area contributed by atoms with E-state index in [0.717, 1.165) is 11.3 Å². The third-order valence-electron chi connectivity index (χ3n) is 7.45. The quantitative estimate of drug-likeness (QED) is 0.128. The monoisotopic (exact) mass is 686 g/mol. The lowest BCUT2D eigenvalue weighted by molar-refractivity contribution is -0.166. The summed E-state index contributed by atoms with van der Waals surface area (Å²) in [6.07, 6.45) is 0. The van der Waals surface area contributed by atoms with Crippen LogP contribution in [-0.4, -0.2) is 63.1 Å². The second kappa shape index (κ2) is 13.4. The number of carbonyl (C=O) groups excluding carboxylic acids is 5. The highest BCUT2D eigenvalue weighted by Crippen LogP contribution is 2.66. The van der Waals surface area contributed by atoms with Crippen LogP contribution in [0.3, 0.4) is 0 Å². The molecule has 49 heavy (non-hydrogen) atoms. The van der Waals surface area contributed by atoms with Crippen molar-refractivity contribution in [1.29, 1.82) is 0 Å². The highest BCUT2D eigenvalue weighted by atomic mass is 32.1. The molecular weight excluding hydrogens is 660 g/mol. The van der Waals surface area contributed by atoms with Crippen LogP contribution in [0.25, 0.3) is 0 Å². The summed E-state index contributed by atoms with van der Waals surface area (Å²) in [5, 5.41) is 27.8. The summed E-state index contributed by atoms with van der Waals surface area (Å²) in [5.41, 5.74) is -5.76. The Balaban J connectivity index is 1.52. The molecular formula is C34H26N2O12S. The predicted molar refractivity (Wildman–Crippen MR) is 172 cm³/mol. The minimum Gasteiger partial charge on any atom is -0.478 e. The third kappa shape index (κ3) is 6.59. The Labute approximate surface area is 281 Å². The van der Waals surface area contributed by atoms with Gasteiger partial charge in [-0.2, -0.15) is 0 Å². The van der Waals surface area contributed by atoms with Crippen molar-refractivity contribution in [1.82, 2.24) is 0 Å². The molecule has 0 aliphatic heterocycles. The van der Waals surface area contributed by atoms with Gasteiger partial charge in [0.15, 0.2) is 0 Å². The number of anilines is 2. The molecule has 1 aliphatic carbocycles. The van der Waals surface area contributed by atoms with E-state index in [4.69, 9.17) is 14.2 Å². The zero-order chi connectivity index (χ0) is 35.5. The Bertz CT molecular complexity index is 1860. The largest absolute Gasteiger partial charge is 0.478 e. The molecule has 14 nitrogen and oxygen atoms in total. The molecule has 1 saturated carbocycles. The van der Waals surface area contributed by atoms with Crippen molar-refractivity contribution in [3.05, 3.63) is 112 Å². The highest BCUT2D eigenvalue weighted by molar-refractivity contribution is 7.12. The SMILES string of the molecule is CC(=O)Nc1ccc(C(=O)OC2(C(=O)O)C(c3ccc(OC(=O)c4cccs4)cc3)C2(OC(=O)c2ccc(NC(C)=O)cc2)C(=O)O)cc1. The molecule has 2 amide bonds. The molecule has 1 aliphatic rings. The fourth-order valence-corrected chi connectivity index (χ4v) is 5.89. The smallest absolute Gasteiger partial charge is 0.354 e. The summed E-state index contributed by atoms with van der Waals surface area (Å²) in [7, 11) is 0. The van der Waals surface area contributed by atoms with Crippen LogP contribution in [0.15, 0.2) is 90.3 Å². The second-order valence-corrected chi connectivity index (χ2v) is 11.7. The number of carbonyl (C=O) groups is 7. The van der Waals surface area contributed by atoms with Crippen LogP contribution in [0.5, 0.6) is 5.75 Å². The van der Waals surface area contributed by atoms with Crippen molar-refractivity contribution in [3.63, 3.8) is 0 Å². The molecule has 4 aromatic rings. The third-order valence-corrected chi connectivity index (χ3v) is 8.30. The molecule has 2 unspecified atom stereocenters. The summed E-state index contributed by atoms with van der Waals surface area (Å²) in [4.78, 5) is 88.4. The lowest BCUT2D eigenvalue weighted by Gasteiger charge is -2.20. The summed E-state index contributed by atoms with van der Waals surface area (Å²) in [6.45, 7) is 2.55. The van der Waals surface area contributed by atoms with Gasteiger partial charge in [0.05, 0.1) is 17.0 Å². The number of nitrogens with one attached hydrogen (secondary N) is 2. The van der Waals surface area contributed by atoms with Crippen LogP contribution in [0, 0.1) is 0 Å². The number of ether oxygens (including phenoxy) is 3. The average molecular weight is 687 g/mol. The normalized spacial score (nSPS) is 19.1. The van der Waals surface area contributed by atoms with Crippen molar-refractivity contribution in [2.45, 2.75) is 31.0 Å². The fourth-order valence-electron chi connectivity index (χ4n) is 5.29. The molecule has 0 saturated heterocycles. The maximum Gasteiger partial charge on any atom is 0.354 e. The van der Waals surface area contributed by atoms with Crippen molar-refractivity contribution in [2.24, 2.45) is 0 Å². The van der Waals surface area contributed by atoms with Crippen LogP contribution in [-0.2, 0) is 28.7 Å². The molecule has 2 atom stereocenters. The van der Waals surface area contributed by atoms with Gasteiger partial charge in [0.1, 0.15) is 10.6 Å². The van der Waals surface area contributed by atoms with Gasteiger partial charge in [-0.3, -0.25) is 9.59 Å². The Hall–Kier alpha value is -6.35. The van der Waals surface area contributed by atoms with Crippen LogP contribution in [0.4, 0.5) is 11.4 Å². The van der Waals surface area contributed by atoms with Gasteiger partial charge in [0.25, 0.3) is 11.2 Å². The number of rotatable bonds is 11. The Morgan fingerprint density at radius 1 is 0.633 bits per heavy atom. The van der Waals surface area contributed by atoms with Crippen molar-refractivity contribution < 1.29 is 58.0 Å². The van der Waals surface area contributed by atoms with E-state index in [2.05, 4.69) is 10.6 Å². The maximum atomic E-state index is 13.4. The van der Waals surface area contributed by atoms with E-state index in [1.54, 1.807) is 17.5 Å². The van der Waals surface area contributed by atoms with Crippen molar-refractivity contribution in [2.75, 3.05) is 10.6 Å². The molecule has 1 aromatic heterocycles. The number of carboxylic acids is 2. The number of carboxylic acid groups (broad SMARTS) is 2. The van der Waals surface area contributed by atoms with E-state index < -0.39 is 47.0 Å². The van der Waals surface area contributed by atoms with Gasteiger partial charge in [-0.1, -0.05) is 18.2 Å². The first kappa shape index (κ1) is 34.0.